The van der Waals surface area contributed by atoms with E-state index in [1.165, 1.54) is 24.6 Å². The molecule has 1 aromatic heterocycles. The summed E-state index contributed by atoms with van der Waals surface area (Å²) in [5.74, 6) is 0.888. The molecule has 4 aliphatic rings. The zero-order chi connectivity index (χ0) is 18.5. The Balaban J connectivity index is 1.37. The van der Waals surface area contributed by atoms with Gasteiger partial charge in [-0.1, -0.05) is 42.9 Å². The van der Waals surface area contributed by atoms with Crippen LogP contribution in [0.5, 0.6) is 0 Å². The molecule has 142 valence electrons. The molecule has 4 heterocycles. The predicted molar refractivity (Wildman–Crippen MR) is 110 cm³/mol. The van der Waals surface area contributed by atoms with Gasteiger partial charge in [-0.15, -0.1) is 0 Å². The van der Waals surface area contributed by atoms with Gasteiger partial charge in [0.2, 0.25) is 0 Å². The lowest BCUT2D eigenvalue weighted by atomic mass is 9.83. The van der Waals surface area contributed by atoms with Crippen LogP contribution in [0, 0.1) is 5.92 Å². The first-order chi connectivity index (χ1) is 13.1. The average molecular weight is 402 g/mol. The monoisotopic (exact) mass is 401 g/mol. The van der Waals surface area contributed by atoms with Crippen molar-refractivity contribution >= 4 is 34.2 Å². The fraction of sp³-hybridized carbons (Fsp3) is 0.550. The largest absolute Gasteiger partial charge is 0.375 e. The van der Waals surface area contributed by atoms with Crippen molar-refractivity contribution in [2.45, 2.75) is 50.6 Å². The minimum atomic E-state index is 0.0873. The second-order valence-corrected chi connectivity index (χ2v) is 9.80. The molecular formula is C20H23N3O2S2. The van der Waals surface area contributed by atoms with E-state index < -0.39 is 0 Å². The molecule has 0 N–H and O–H groups in total. The van der Waals surface area contributed by atoms with Crippen LogP contribution < -0.4 is 5.56 Å². The molecule has 0 spiro atoms. The van der Waals surface area contributed by atoms with Crippen LogP contribution in [0.25, 0.3) is 0 Å². The highest BCUT2D eigenvalue weighted by atomic mass is 32.2. The third-order valence-corrected chi connectivity index (χ3v) is 7.64. The van der Waals surface area contributed by atoms with Gasteiger partial charge in [-0.25, -0.2) is 0 Å². The molecule has 1 saturated carbocycles. The number of nitrogens with zero attached hydrogens (tertiary/aromatic N) is 3. The molecular weight excluding hydrogens is 378 g/mol. The van der Waals surface area contributed by atoms with Gasteiger partial charge in [-0.3, -0.25) is 14.5 Å². The van der Waals surface area contributed by atoms with Crippen LogP contribution in [0.1, 0.15) is 43.7 Å². The number of rotatable bonds is 2. The number of fused-ring (bicyclic) bond motifs is 4. The van der Waals surface area contributed by atoms with Gasteiger partial charge in [-0.05, 0) is 31.2 Å². The highest BCUT2D eigenvalue weighted by molar-refractivity contribution is 8.26. The van der Waals surface area contributed by atoms with Crippen molar-refractivity contribution in [1.82, 2.24) is 14.4 Å². The van der Waals surface area contributed by atoms with Gasteiger partial charge in [0.05, 0.1) is 4.91 Å². The lowest BCUT2D eigenvalue weighted by Gasteiger charge is -2.42. The van der Waals surface area contributed by atoms with E-state index in [1.807, 2.05) is 21.7 Å². The molecule has 1 aliphatic carbocycles. The standard InChI is InChI=1S/C20H23N3O2S2/c24-18-7-3-6-16-14-8-13(10-22(16)18)9-21(11-14)12-17-19(25)23(20(26)27-17)15-4-1-2-5-15/h3,6-7,12-15H,1-2,4-5,8-11H2/t13-,14-/m0/s1. The highest BCUT2D eigenvalue weighted by Gasteiger charge is 2.39. The number of aromatic nitrogens is 1. The summed E-state index contributed by atoms with van der Waals surface area (Å²) in [6, 6.07) is 5.88. The molecule has 0 unspecified atom stereocenters. The summed E-state index contributed by atoms with van der Waals surface area (Å²) in [5, 5.41) is 0. The number of hydrogen-bond acceptors (Lipinski definition) is 5. The zero-order valence-corrected chi connectivity index (χ0v) is 16.8. The van der Waals surface area contributed by atoms with Crippen molar-refractivity contribution in [3.63, 3.8) is 0 Å². The molecule has 2 atom stereocenters. The number of carbonyl (C=O) groups is 1. The summed E-state index contributed by atoms with van der Waals surface area (Å²) in [6.45, 7) is 2.52. The third kappa shape index (κ3) is 3.05. The Bertz CT molecular complexity index is 887. The maximum absolute atomic E-state index is 12.9. The summed E-state index contributed by atoms with van der Waals surface area (Å²) in [4.78, 5) is 30.0. The first-order valence-electron chi connectivity index (χ1n) is 9.81. The quantitative estimate of drug-likeness (QED) is 0.563. The summed E-state index contributed by atoms with van der Waals surface area (Å²) >= 11 is 6.97. The summed E-state index contributed by atoms with van der Waals surface area (Å²) in [6.07, 6.45) is 7.67. The average Bonchev–Trinajstić information content (AvgIpc) is 3.24. The second-order valence-electron chi connectivity index (χ2n) is 8.13. The van der Waals surface area contributed by atoms with Gasteiger partial charge in [0.15, 0.2) is 0 Å². The number of likely N-dealkylation sites (tertiary alicyclic amines) is 1. The SMILES string of the molecule is O=C1C(=CN2C[C@@H]3C[C@@H](C2)c2cccc(=O)n2C3)SC(=S)N1C1CCCC1. The molecule has 0 aromatic carbocycles. The van der Waals surface area contributed by atoms with Crippen molar-refractivity contribution < 1.29 is 4.79 Å². The number of thioether (sulfide) groups is 1. The van der Waals surface area contributed by atoms with Gasteiger partial charge in [0.25, 0.3) is 11.5 Å². The van der Waals surface area contributed by atoms with E-state index >= 15 is 0 Å². The van der Waals surface area contributed by atoms with Gasteiger partial charge in [-0.2, -0.15) is 0 Å². The normalized spacial score (nSPS) is 29.7. The molecule has 2 saturated heterocycles. The van der Waals surface area contributed by atoms with E-state index in [1.54, 1.807) is 6.07 Å². The topological polar surface area (TPSA) is 45.6 Å². The zero-order valence-electron chi connectivity index (χ0n) is 15.2. The van der Waals surface area contributed by atoms with Crippen molar-refractivity contribution in [2.75, 3.05) is 13.1 Å². The Morgan fingerprint density at radius 2 is 1.93 bits per heavy atom. The minimum Gasteiger partial charge on any atom is -0.375 e. The van der Waals surface area contributed by atoms with Crippen LogP contribution in [0.4, 0.5) is 0 Å². The Morgan fingerprint density at radius 3 is 2.74 bits per heavy atom. The Labute approximate surface area is 168 Å². The fourth-order valence-electron chi connectivity index (χ4n) is 5.15. The van der Waals surface area contributed by atoms with Crippen molar-refractivity contribution in [3.05, 3.63) is 45.4 Å². The van der Waals surface area contributed by atoms with Crippen LogP contribution >= 0.6 is 24.0 Å². The maximum atomic E-state index is 12.9. The number of piperidine rings is 1. The van der Waals surface area contributed by atoms with E-state index in [0.717, 1.165) is 49.5 Å². The Hall–Kier alpha value is -1.60. The molecule has 0 radical (unpaired) electrons. The molecule has 1 aromatic rings. The van der Waals surface area contributed by atoms with E-state index in [0.29, 0.717) is 22.2 Å². The molecule has 5 rings (SSSR count). The highest BCUT2D eigenvalue weighted by Crippen LogP contribution is 2.39. The molecule has 2 bridgehead atoms. The first kappa shape index (κ1) is 17.5. The van der Waals surface area contributed by atoms with Crippen LogP contribution in [-0.4, -0.2) is 43.7 Å². The van der Waals surface area contributed by atoms with Crippen LogP contribution in [0.15, 0.2) is 34.1 Å². The number of hydrogen-bond donors (Lipinski definition) is 0. The molecule has 5 nitrogen and oxygen atoms in total. The number of amides is 1. The van der Waals surface area contributed by atoms with Crippen LogP contribution in [0.2, 0.25) is 0 Å². The lowest BCUT2D eigenvalue weighted by Crippen LogP contribution is -2.45. The van der Waals surface area contributed by atoms with E-state index in [2.05, 4.69) is 11.0 Å². The fourth-order valence-corrected chi connectivity index (χ4v) is 6.56. The van der Waals surface area contributed by atoms with Gasteiger partial charge >= 0.3 is 0 Å². The Morgan fingerprint density at radius 1 is 1.11 bits per heavy atom. The Kier molecular flexibility index (Phi) is 4.39. The predicted octanol–water partition coefficient (Wildman–Crippen LogP) is 2.91. The molecule has 7 heteroatoms. The van der Waals surface area contributed by atoms with Gasteiger partial charge < -0.3 is 9.47 Å². The number of carbonyl (C=O) groups excluding carboxylic acids is 1. The van der Waals surface area contributed by atoms with Crippen molar-refractivity contribution in [3.8, 4) is 0 Å². The van der Waals surface area contributed by atoms with Crippen LogP contribution in [-0.2, 0) is 11.3 Å². The summed E-state index contributed by atoms with van der Waals surface area (Å²) in [7, 11) is 0. The van der Waals surface area contributed by atoms with E-state index in [-0.39, 0.29) is 11.5 Å². The smallest absolute Gasteiger partial charge is 0.267 e. The van der Waals surface area contributed by atoms with Gasteiger partial charge in [0, 0.05) is 49.6 Å². The first-order valence-corrected chi connectivity index (χ1v) is 11.0. The third-order valence-electron chi connectivity index (χ3n) is 6.32. The van der Waals surface area contributed by atoms with Crippen molar-refractivity contribution in [2.24, 2.45) is 5.92 Å². The van der Waals surface area contributed by atoms with E-state index in [9.17, 15) is 9.59 Å². The lowest BCUT2D eigenvalue weighted by molar-refractivity contribution is -0.123. The number of pyridine rings is 1. The molecule has 3 aliphatic heterocycles. The maximum Gasteiger partial charge on any atom is 0.267 e. The molecule has 27 heavy (non-hydrogen) atoms. The minimum absolute atomic E-state index is 0.0873. The number of thiocarbonyl (C=S) groups is 1. The summed E-state index contributed by atoms with van der Waals surface area (Å²) in [5.41, 5.74) is 1.24. The molecule has 3 fully saturated rings. The van der Waals surface area contributed by atoms with E-state index in [4.69, 9.17) is 12.2 Å². The van der Waals surface area contributed by atoms with Crippen LogP contribution in [0.3, 0.4) is 0 Å². The van der Waals surface area contributed by atoms with Crippen molar-refractivity contribution in [1.29, 1.82) is 0 Å². The molecule has 1 amide bonds. The van der Waals surface area contributed by atoms with Gasteiger partial charge in [0.1, 0.15) is 4.32 Å². The second kappa shape index (κ2) is 6.78. The summed E-state index contributed by atoms with van der Waals surface area (Å²) < 4.78 is 2.66.